The fourth-order valence-corrected chi connectivity index (χ4v) is 7.54. The molecule has 2 amide bonds. The van der Waals surface area contributed by atoms with Gasteiger partial charge in [0.25, 0.3) is 0 Å². The van der Waals surface area contributed by atoms with Crippen molar-refractivity contribution < 1.29 is 4.79 Å². The van der Waals surface area contributed by atoms with Crippen molar-refractivity contribution in [3.05, 3.63) is 204 Å². The zero-order valence-electron chi connectivity index (χ0n) is 33.3. The topological polar surface area (TPSA) is 114 Å². The summed E-state index contributed by atoms with van der Waals surface area (Å²) in [6, 6.07) is 58.2. The van der Waals surface area contributed by atoms with Crippen molar-refractivity contribution in [3.63, 3.8) is 0 Å². The number of tetrazole rings is 1. The predicted octanol–water partition coefficient (Wildman–Crippen LogP) is 10.3. The molecule has 0 aliphatic rings. The van der Waals surface area contributed by atoms with Crippen LogP contribution in [0.25, 0.3) is 22.6 Å². The van der Waals surface area contributed by atoms with Gasteiger partial charge in [-0.1, -0.05) is 177 Å². The van der Waals surface area contributed by atoms with Crippen LogP contribution in [0.2, 0.25) is 0 Å². The highest BCUT2D eigenvalue weighted by Crippen LogP contribution is 2.43. The van der Waals surface area contributed by atoms with E-state index < -0.39 is 11.6 Å². The van der Waals surface area contributed by atoms with Crippen molar-refractivity contribution in [2.24, 2.45) is 5.92 Å². The van der Waals surface area contributed by atoms with E-state index in [0.717, 1.165) is 38.9 Å². The Bertz CT molecular complexity index is 2520. The first-order valence-corrected chi connectivity index (χ1v) is 19.8. The summed E-state index contributed by atoms with van der Waals surface area (Å²) in [6.07, 6.45) is 0. The number of nitrogens with zero attached hydrogens (tertiary/aromatic N) is 7. The number of aromatic nitrogens is 6. The molecule has 2 N–H and O–H groups in total. The van der Waals surface area contributed by atoms with Crippen LogP contribution < -0.4 is 15.5 Å². The van der Waals surface area contributed by atoms with Crippen LogP contribution >= 0.6 is 0 Å². The summed E-state index contributed by atoms with van der Waals surface area (Å²) in [5, 5.41) is 19.9. The second-order valence-corrected chi connectivity index (χ2v) is 14.9. The molecule has 10 heteroatoms. The van der Waals surface area contributed by atoms with Gasteiger partial charge in [-0.2, -0.15) is 4.98 Å². The van der Waals surface area contributed by atoms with E-state index in [1.54, 1.807) is 6.07 Å². The van der Waals surface area contributed by atoms with Crippen molar-refractivity contribution in [2.75, 3.05) is 22.1 Å². The number of hydrogen-bond donors (Lipinski definition) is 2. The molecule has 8 rings (SSSR count). The van der Waals surface area contributed by atoms with E-state index in [2.05, 4.69) is 83.1 Å². The second-order valence-electron chi connectivity index (χ2n) is 14.9. The molecule has 0 fully saturated rings. The molecule has 292 valence electrons. The summed E-state index contributed by atoms with van der Waals surface area (Å²) >= 11 is 0. The molecule has 0 bridgehead atoms. The van der Waals surface area contributed by atoms with Crippen molar-refractivity contribution in [2.45, 2.75) is 32.9 Å². The summed E-state index contributed by atoms with van der Waals surface area (Å²) in [4.78, 5) is 25.9. The van der Waals surface area contributed by atoms with Gasteiger partial charge in [-0.25, -0.2) is 14.5 Å². The largest absolute Gasteiger partial charge is 0.336 e. The van der Waals surface area contributed by atoms with E-state index >= 15 is 0 Å². The molecule has 0 aliphatic carbocycles. The highest BCUT2D eigenvalue weighted by atomic mass is 16.2. The molecule has 0 unspecified atom stereocenters. The highest BCUT2D eigenvalue weighted by Gasteiger charge is 2.42. The zero-order valence-corrected chi connectivity index (χ0v) is 33.3. The minimum atomic E-state index is -0.961. The molecular formula is C49H45N9O. The molecule has 0 saturated carbocycles. The van der Waals surface area contributed by atoms with E-state index in [1.807, 2.05) is 133 Å². The molecular weight excluding hydrogens is 731 g/mol. The number of carbonyl (C=O) groups excluding carboxylic acids is 1. The van der Waals surface area contributed by atoms with Crippen LogP contribution in [0.4, 0.5) is 22.2 Å². The Labute approximate surface area is 344 Å². The number of rotatable bonds is 13. The molecule has 2 heterocycles. The van der Waals surface area contributed by atoms with Gasteiger partial charge in [0.1, 0.15) is 11.4 Å². The lowest BCUT2D eigenvalue weighted by atomic mass is 9.77. The third kappa shape index (κ3) is 8.33. The van der Waals surface area contributed by atoms with Crippen LogP contribution in [0.5, 0.6) is 0 Å². The van der Waals surface area contributed by atoms with Gasteiger partial charge < -0.3 is 10.2 Å². The van der Waals surface area contributed by atoms with Gasteiger partial charge in [0, 0.05) is 36.0 Å². The number of anilines is 3. The first-order valence-electron chi connectivity index (χ1n) is 19.8. The molecule has 6 aromatic carbocycles. The number of hydrogen-bond acceptors (Lipinski definition) is 7. The maximum absolute atomic E-state index is 13.6. The van der Waals surface area contributed by atoms with Crippen LogP contribution in [0.1, 0.15) is 41.7 Å². The van der Waals surface area contributed by atoms with E-state index in [4.69, 9.17) is 20.3 Å². The maximum atomic E-state index is 13.6. The molecule has 59 heavy (non-hydrogen) atoms. The van der Waals surface area contributed by atoms with Crippen LogP contribution in [-0.4, -0.2) is 42.8 Å². The second kappa shape index (κ2) is 17.4. The molecule has 0 aliphatic heterocycles. The highest BCUT2D eigenvalue weighted by molar-refractivity contribution is 5.99. The number of carbonyl (C=O) groups is 1. The van der Waals surface area contributed by atoms with Crippen LogP contribution in [0, 0.1) is 12.8 Å². The van der Waals surface area contributed by atoms with Crippen molar-refractivity contribution in [1.82, 2.24) is 30.2 Å². The van der Waals surface area contributed by atoms with Crippen LogP contribution in [-0.2, 0) is 12.1 Å². The average molecular weight is 776 g/mol. The molecule has 0 atom stereocenters. The first kappa shape index (κ1) is 38.4. The van der Waals surface area contributed by atoms with Crippen LogP contribution in [0.15, 0.2) is 176 Å². The van der Waals surface area contributed by atoms with Gasteiger partial charge in [0.05, 0.1) is 5.69 Å². The van der Waals surface area contributed by atoms with Crippen LogP contribution in [0.3, 0.4) is 0 Å². The maximum Gasteiger partial charge on any atom is 0.324 e. The smallest absolute Gasteiger partial charge is 0.324 e. The minimum absolute atomic E-state index is 0.297. The molecule has 8 aromatic rings. The Kier molecular flexibility index (Phi) is 11.3. The van der Waals surface area contributed by atoms with Gasteiger partial charge >= 0.3 is 6.03 Å². The van der Waals surface area contributed by atoms with Crippen molar-refractivity contribution in [1.29, 1.82) is 0 Å². The Hall–Kier alpha value is -7.46. The standard InChI is InChI=1S/C49H45N9O/c1-35(2)33-57(34-37-18-8-4-9-19-37)47-51-44(32-45(52-47)53-48(59)50-41-30-28-36(3)29-31-41)42-26-16-17-27-43(42)46-54-55-56-58(46)49(38-20-10-5-11-21-38,39-22-12-6-13-23-39)40-24-14-7-15-25-40/h4-32,35H,33-34H2,1-3H3,(H2,50,51,52,53,59). The fraction of sp³-hybridized carbons (Fsp3) is 0.143. The number of urea groups is 1. The Morgan fingerprint density at radius 1 is 0.661 bits per heavy atom. The predicted molar refractivity (Wildman–Crippen MR) is 235 cm³/mol. The van der Waals surface area contributed by atoms with E-state index in [0.29, 0.717) is 48.0 Å². The zero-order chi connectivity index (χ0) is 40.6. The third-order valence-electron chi connectivity index (χ3n) is 10.2. The minimum Gasteiger partial charge on any atom is -0.336 e. The lowest BCUT2D eigenvalue weighted by molar-refractivity contribution is 0.262. The number of nitrogens with one attached hydrogen (secondary N) is 2. The fourth-order valence-electron chi connectivity index (χ4n) is 7.54. The Morgan fingerprint density at radius 3 is 1.78 bits per heavy atom. The Morgan fingerprint density at radius 2 is 1.20 bits per heavy atom. The summed E-state index contributed by atoms with van der Waals surface area (Å²) in [7, 11) is 0. The van der Waals surface area contributed by atoms with Gasteiger partial charge in [-0.3, -0.25) is 5.32 Å². The summed E-state index contributed by atoms with van der Waals surface area (Å²) in [5.74, 6) is 1.66. The average Bonchev–Trinajstić information content (AvgIpc) is 3.76. The van der Waals surface area contributed by atoms with E-state index in [9.17, 15) is 4.79 Å². The van der Waals surface area contributed by atoms with Gasteiger partial charge in [0.15, 0.2) is 5.82 Å². The summed E-state index contributed by atoms with van der Waals surface area (Å²) in [5.41, 5.74) is 7.01. The number of benzene rings is 6. The lowest BCUT2D eigenvalue weighted by Gasteiger charge is -2.36. The van der Waals surface area contributed by atoms with Crippen molar-refractivity contribution >= 4 is 23.5 Å². The summed E-state index contributed by atoms with van der Waals surface area (Å²) < 4.78 is 1.92. The monoisotopic (exact) mass is 775 g/mol. The molecule has 0 spiro atoms. The van der Waals surface area contributed by atoms with Gasteiger partial charge in [-0.05, 0) is 57.7 Å². The van der Waals surface area contributed by atoms with Gasteiger partial charge in [0.2, 0.25) is 5.95 Å². The number of aryl methyl sites for hydroxylation is 1. The normalized spacial score (nSPS) is 11.3. The molecule has 2 aromatic heterocycles. The molecule has 0 saturated heterocycles. The first-order chi connectivity index (χ1) is 28.9. The van der Waals surface area contributed by atoms with Crippen molar-refractivity contribution in [3.8, 4) is 22.6 Å². The van der Waals surface area contributed by atoms with Gasteiger partial charge in [-0.15, -0.1) is 5.10 Å². The summed E-state index contributed by atoms with van der Waals surface area (Å²) in [6.45, 7) is 7.60. The molecule has 0 radical (unpaired) electrons. The van der Waals surface area contributed by atoms with E-state index in [1.165, 1.54) is 0 Å². The lowest BCUT2D eigenvalue weighted by Crippen LogP contribution is -2.39. The third-order valence-corrected chi connectivity index (χ3v) is 10.2. The quantitative estimate of drug-likeness (QED) is 0.112. The molecule has 10 nitrogen and oxygen atoms in total. The van der Waals surface area contributed by atoms with E-state index in [-0.39, 0.29) is 0 Å². The number of amides is 2. The SMILES string of the molecule is Cc1ccc(NC(=O)Nc2cc(-c3ccccc3-c3nnnn3C(c3ccccc3)(c3ccccc3)c3ccccc3)nc(N(Cc3ccccc3)CC(C)C)n2)cc1. The Balaban J connectivity index is 1.30.